The van der Waals surface area contributed by atoms with Crippen molar-refractivity contribution in [3.63, 3.8) is 0 Å². The number of nitrogens with zero attached hydrogens (tertiary/aromatic N) is 3. The van der Waals surface area contributed by atoms with E-state index in [1.165, 1.54) is 5.56 Å². The Balaban J connectivity index is 1.30. The lowest BCUT2D eigenvalue weighted by Crippen LogP contribution is -2.49. The van der Waals surface area contributed by atoms with Gasteiger partial charge in [0.15, 0.2) is 0 Å². The fourth-order valence-electron chi connectivity index (χ4n) is 4.64. The second-order valence-electron chi connectivity index (χ2n) is 9.16. The van der Waals surface area contributed by atoms with Gasteiger partial charge in [0.2, 0.25) is 0 Å². The monoisotopic (exact) mass is 469 g/mol. The van der Waals surface area contributed by atoms with Crippen LogP contribution in [0.5, 0.6) is 5.75 Å². The minimum atomic E-state index is 0.0206. The lowest BCUT2D eigenvalue weighted by molar-refractivity contribution is 0.0634. The molecule has 0 unspecified atom stereocenters. The second-order valence-corrected chi connectivity index (χ2v) is 9.16. The second kappa shape index (κ2) is 10.3. The number of piperazine rings is 1. The van der Waals surface area contributed by atoms with Crippen molar-refractivity contribution in [1.29, 1.82) is 0 Å². The first-order chi connectivity index (χ1) is 17.1. The Hall–Kier alpha value is -3.64. The summed E-state index contributed by atoms with van der Waals surface area (Å²) in [6, 6.07) is 22.5. The first-order valence-electron chi connectivity index (χ1n) is 12.2. The molecule has 0 radical (unpaired) electrons. The Labute approximate surface area is 206 Å². The van der Waals surface area contributed by atoms with Crippen LogP contribution in [-0.2, 0) is 13.0 Å². The van der Waals surface area contributed by atoms with Gasteiger partial charge in [-0.25, -0.2) is 0 Å². The molecule has 0 bridgehead atoms. The van der Waals surface area contributed by atoms with E-state index in [1.54, 1.807) is 0 Å². The van der Waals surface area contributed by atoms with E-state index < -0.39 is 0 Å². The molecule has 180 valence electrons. The molecule has 2 heterocycles. The number of hydrogen-bond donors (Lipinski definition) is 0. The van der Waals surface area contributed by atoms with Crippen LogP contribution in [0.4, 0.5) is 0 Å². The van der Waals surface area contributed by atoms with Crippen LogP contribution >= 0.6 is 0 Å². The van der Waals surface area contributed by atoms with E-state index in [0.29, 0.717) is 31.0 Å². The highest BCUT2D eigenvalue weighted by Gasteiger charge is 2.25. The van der Waals surface area contributed by atoms with Crippen molar-refractivity contribution in [2.24, 2.45) is 0 Å². The van der Waals surface area contributed by atoms with Crippen molar-refractivity contribution < 1.29 is 14.1 Å². The SMILES string of the molecule is Cc1noc(C)c1COc1cc2ccccc2cc1C(=O)N1CCN(CCc2ccccc2)CC1. The molecule has 4 aromatic rings. The van der Waals surface area contributed by atoms with Crippen LogP contribution in [0.3, 0.4) is 0 Å². The van der Waals surface area contributed by atoms with Gasteiger partial charge in [-0.3, -0.25) is 9.69 Å². The summed E-state index contributed by atoms with van der Waals surface area (Å²) in [6.07, 6.45) is 1.03. The topological polar surface area (TPSA) is 58.8 Å². The molecule has 1 amide bonds. The fourth-order valence-corrected chi connectivity index (χ4v) is 4.64. The summed E-state index contributed by atoms with van der Waals surface area (Å²) in [5, 5.41) is 6.09. The van der Waals surface area contributed by atoms with E-state index in [0.717, 1.165) is 53.8 Å². The van der Waals surface area contributed by atoms with Gasteiger partial charge in [-0.1, -0.05) is 59.8 Å². The maximum Gasteiger partial charge on any atom is 0.257 e. The number of carbonyl (C=O) groups excluding carboxylic acids is 1. The third-order valence-electron chi connectivity index (χ3n) is 6.85. The number of ether oxygens (including phenoxy) is 1. The average Bonchev–Trinajstić information content (AvgIpc) is 3.22. The fraction of sp³-hybridized carbons (Fsp3) is 0.310. The molecule has 0 saturated carbocycles. The van der Waals surface area contributed by atoms with Gasteiger partial charge in [0, 0.05) is 32.7 Å². The number of amides is 1. The molecule has 0 atom stereocenters. The molecule has 3 aromatic carbocycles. The Morgan fingerprint density at radius 1 is 0.943 bits per heavy atom. The van der Waals surface area contributed by atoms with E-state index in [-0.39, 0.29) is 5.91 Å². The summed E-state index contributed by atoms with van der Waals surface area (Å²) in [7, 11) is 0. The summed E-state index contributed by atoms with van der Waals surface area (Å²) in [6.45, 7) is 8.28. The smallest absolute Gasteiger partial charge is 0.257 e. The Bertz CT molecular complexity index is 1290. The first-order valence-corrected chi connectivity index (χ1v) is 12.2. The van der Waals surface area contributed by atoms with Gasteiger partial charge in [-0.15, -0.1) is 0 Å². The third-order valence-corrected chi connectivity index (χ3v) is 6.85. The molecular weight excluding hydrogens is 438 g/mol. The molecule has 0 N–H and O–H groups in total. The van der Waals surface area contributed by atoms with Gasteiger partial charge in [-0.05, 0) is 48.7 Å². The lowest BCUT2D eigenvalue weighted by atomic mass is 10.0. The standard InChI is InChI=1S/C29H31N3O3/c1-21-27(22(2)35-30-21)20-34-28-19-25-11-7-6-10-24(25)18-26(28)29(33)32-16-14-31(15-17-32)13-12-23-8-4-3-5-9-23/h3-11,18-19H,12-17,20H2,1-2H3. The summed E-state index contributed by atoms with van der Waals surface area (Å²) >= 11 is 0. The third kappa shape index (κ3) is 5.23. The molecule has 0 aliphatic carbocycles. The number of aromatic nitrogens is 1. The highest BCUT2D eigenvalue weighted by Crippen LogP contribution is 2.29. The van der Waals surface area contributed by atoms with Gasteiger partial charge in [0.25, 0.3) is 5.91 Å². The van der Waals surface area contributed by atoms with E-state index in [9.17, 15) is 4.79 Å². The van der Waals surface area contributed by atoms with Crippen LogP contribution in [0.1, 0.15) is 32.9 Å². The maximum atomic E-state index is 13.6. The Kier molecular flexibility index (Phi) is 6.82. The van der Waals surface area contributed by atoms with E-state index in [1.807, 2.05) is 61.2 Å². The minimum absolute atomic E-state index is 0.0206. The summed E-state index contributed by atoms with van der Waals surface area (Å²) in [4.78, 5) is 18.0. The summed E-state index contributed by atoms with van der Waals surface area (Å²) in [5.41, 5.74) is 3.68. The molecule has 1 aliphatic rings. The van der Waals surface area contributed by atoms with Crippen LogP contribution in [0, 0.1) is 13.8 Å². The van der Waals surface area contributed by atoms with E-state index in [2.05, 4.69) is 34.3 Å². The van der Waals surface area contributed by atoms with Crippen molar-refractivity contribution in [3.8, 4) is 5.75 Å². The van der Waals surface area contributed by atoms with Gasteiger partial charge >= 0.3 is 0 Å². The summed E-state index contributed by atoms with van der Waals surface area (Å²) in [5.74, 6) is 1.36. The van der Waals surface area contributed by atoms with Crippen molar-refractivity contribution in [2.75, 3.05) is 32.7 Å². The number of rotatable bonds is 7. The van der Waals surface area contributed by atoms with Crippen molar-refractivity contribution in [3.05, 3.63) is 94.9 Å². The van der Waals surface area contributed by atoms with Crippen molar-refractivity contribution in [2.45, 2.75) is 26.9 Å². The van der Waals surface area contributed by atoms with Crippen molar-refractivity contribution in [1.82, 2.24) is 15.0 Å². The van der Waals surface area contributed by atoms with Crippen LogP contribution in [0.2, 0.25) is 0 Å². The number of aryl methyl sites for hydroxylation is 2. The predicted octanol–water partition coefficient (Wildman–Crippen LogP) is 5.02. The molecule has 1 saturated heterocycles. The number of carbonyl (C=O) groups is 1. The average molecular weight is 470 g/mol. The van der Waals surface area contributed by atoms with Gasteiger partial charge in [0.05, 0.1) is 16.8 Å². The van der Waals surface area contributed by atoms with E-state index >= 15 is 0 Å². The number of hydrogen-bond acceptors (Lipinski definition) is 5. The highest BCUT2D eigenvalue weighted by molar-refractivity contribution is 6.01. The van der Waals surface area contributed by atoms with Gasteiger partial charge < -0.3 is 14.2 Å². The minimum Gasteiger partial charge on any atom is -0.488 e. The number of benzene rings is 3. The highest BCUT2D eigenvalue weighted by atomic mass is 16.5. The maximum absolute atomic E-state index is 13.6. The van der Waals surface area contributed by atoms with Crippen molar-refractivity contribution >= 4 is 16.7 Å². The molecule has 1 aromatic heterocycles. The molecule has 35 heavy (non-hydrogen) atoms. The van der Waals surface area contributed by atoms with Crippen LogP contribution < -0.4 is 4.74 Å². The molecule has 6 nitrogen and oxygen atoms in total. The molecule has 6 heteroatoms. The quantitative estimate of drug-likeness (QED) is 0.380. The lowest BCUT2D eigenvalue weighted by Gasteiger charge is -2.35. The molecular formula is C29H31N3O3. The molecule has 1 fully saturated rings. The first kappa shape index (κ1) is 23.1. The van der Waals surface area contributed by atoms with Gasteiger partial charge in [0.1, 0.15) is 18.1 Å². The zero-order chi connectivity index (χ0) is 24.2. The summed E-state index contributed by atoms with van der Waals surface area (Å²) < 4.78 is 11.5. The van der Waals surface area contributed by atoms with Crippen LogP contribution in [-0.4, -0.2) is 53.6 Å². The largest absolute Gasteiger partial charge is 0.488 e. The Morgan fingerprint density at radius 3 is 2.31 bits per heavy atom. The molecule has 5 rings (SSSR count). The van der Waals surface area contributed by atoms with Crippen LogP contribution in [0.15, 0.2) is 71.3 Å². The normalized spacial score (nSPS) is 14.4. The number of fused-ring (bicyclic) bond motifs is 1. The van der Waals surface area contributed by atoms with Crippen LogP contribution in [0.25, 0.3) is 10.8 Å². The zero-order valence-electron chi connectivity index (χ0n) is 20.4. The predicted molar refractivity (Wildman–Crippen MR) is 137 cm³/mol. The van der Waals surface area contributed by atoms with Gasteiger partial charge in [-0.2, -0.15) is 0 Å². The molecule has 0 spiro atoms. The zero-order valence-corrected chi connectivity index (χ0v) is 20.4. The molecule has 1 aliphatic heterocycles. The Morgan fingerprint density at radius 2 is 1.63 bits per heavy atom. The van der Waals surface area contributed by atoms with E-state index in [4.69, 9.17) is 9.26 Å².